The first kappa shape index (κ1) is 33.8. The number of fused-ring (bicyclic) bond motifs is 5. The lowest BCUT2D eigenvalue weighted by molar-refractivity contribution is -0.172. The maximum absolute atomic E-state index is 13.5. The van der Waals surface area contributed by atoms with Crippen molar-refractivity contribution in [2.45, 2.75) is 136 Å². The third-order valence-electron chi connectivity index (χ3n) is 9.84. The summed E-state index contributed by atoms with van der Waals surface area (Å²) in [6.45, 7) is 6.30. The summed E-state index contributed by atoms with van der Waals surface area (Å²) in [5, 5.41) is 11.9. The molecule has 2 aromatic heterocycles. The summed E-state index contributed by atoms with van der Waals surface area (Å²) in [6, 6.07) is 9.18. The summed E-state index contributed by atoms with van der Waals surface area (Å²) in [7, 11) is 0. The smallest absolute Gasteiger partial charge is 0.343 e. The quantitative estimate of drug-likeness (QED) is 0.0713. The SMILES string of the molecule is CCCCCCCCCC(CCCCCCC)C(=O)Oc1ccc2nc3c(cc2c1)Cn1c-3cc2c(c1=O)COC(=O)[C@]2(O)CC. The van der Waals surface area contributed by atoms with Crippen LogP contribution in [0.2, 0.25) is 0 Å². The lowest BCUT2D eigenvalue weighted by Crippen LogP contribution is -2.44. The van der Waals surface area contributed by atoms with Gasteiger partial charge in [0.2, 0.25) is 0 Å². The van der Waals surface area contributed by atoms with Gasteiger partial charge in [0, 0.05) is 16.5 Å². The second-order valence-electron chi connectivity index (χ2n) is 13.2. The predicted molar refractivity (Wildman–Crippen MR) is 180 cm³/mol. The summed E-state index contributed by atoms with van der Waals surface area (Å²) >= 11 is 0. The van der Waals surface area contributed by atoms with Crippen LogP contribution < -0.4 is 10.3 Å². The number of rotatable bonds is 17. The van der Waals surface area contributed by atoms with Crippen molar-refractivity contribution in [2.24, 2.45) is 5.92 Å². The monoisotopic (exact) mass is 630 g/mol. The highest BCUT2D eigenvalue weighted by molar-refractivity contribution is 5.87. The lowest BCUT2D eigenvalue weighted by atomic mass is 9.86. The molecule has 0 amide bonds. The Morgan fingerprint density at radius 2 is 1.59 bits per heavy atom. The van der Waals surface area contributed by atoms with E-state index in [0.717, 1.165) is 49.5 Å². The minimum Gasteiger partial charge on any atom is -0.458 e. The number of aromatic nitrogens is 2. The van der Waals surface area contributed by atoms with Crippen LogP contribution in [0.3, 0.4) is 0 Å². The molecule has 8 heteroatoms. The van der Waals surface area contributed by atoms with Crippen LogP contribution >= 0.6 is 0 Å². The van der Waals surface area contributed by atoms with Crippen molar-refractivity contribution >= 4 is 22.8 Å². The normalized spacial score (nSPS) is 17.3. The molecule has 0 aliphatic carbocycles. The van der Waals surface area contributed by atoms with Crippen molar-refractivity contribution in [1.29, 1.82) is 0 Å². The van der Waals surface area contributed by atoms with Crippen LogP contribution in [0.5, 0.6) is 5.75 Å². The first-order valence-electron chi connectivity index (χ1n) is 17.6. The predicted octanol–water partition coefficient (Wildman–Crippen LogP) is 8.10. The van der Waals surface area contributed by atoms with Gasteiger partial charge in [0.1, 0.15) is 12.4 Å². The number of nitrogens with zero attached hydrogens (tertiary/aromatic N) is 2. The van der Waals surface area contributed by atoms with Gasteiger partial charge in [-0.25, -0.2) is 9.78 Å². The summed E-state index contributed by atoms with van der Waals surface area (Å²) in [6.07, 6.45) is 16.2. The van der Waals surface area contributed by atoms with E-state index >= 15 is 0 Å². The number of aliphatic hydroxyl groups is 1. The van der Waals surface area contributed by atoms with Gasteiger partial charge in [-0.15, -0.1) is 0 Å². The number of esters is 2. The zero-order chi connectivity index (χ0) is 32.7. The van der Waals surface area contributed by atoms with Crippen molar-refractivity contribution in [3.05, 3.63) is 57.4 Å². The maximum atomic E-state index is 13.5. The summed E-state index contributed by atoms with van der Waals surface area (Å²) in [5.41, 5.74) is 1.24. The van der Waals surface area contributed by atoms with E-state index in [4.69, 9.17) is 14.5 Å². The van der Waals surface area contributed by atoms with Crippen LogP contribution in [0.25, 0.3) is 22.3 Å². The highest BCUT2D eigenvalue weighted by Gasteiger charge is 2.45. The third-order valence-corrected chi connectivity index (χ3v) is 9.84. The van der Waals surface area contributed by atoms with Gasteiger partial charge in [0.25, 0.3) is 5.56 Å². The van der Waals surface area contributed by atoms with Crippen LogP contribution in [0.1, 0.15) is 134 Å². The minimum absolute atomic E-state index is 0.0972. The minimum atomic E-state index is -1.86. The molecule has 0 saturated carbocycles. The molecule has 0 bridgehead atoms. The molecule has 2 aliphatic rings. The second-order valence-corrected chi connectivity index (χ2v) is 13.2. The van der Waals surface area contributed by atoms with E-state index in [0.29, 0.717) is 40.3 Å². The second kappa shape index (κ2) is 15.4. The topological polar surface area (TPSA) is 108 Å². The number of ether oxygens (including phenoxy) is 2. The number of hydrogen-bond acceptors (Lipinski definition) is 7. The molecule has 8 nitrogen and oxygen atoms in total. The summed E-state index contributed by atoms with van der Waals surface area (Å²) in [5.74, 6) is -0.489. The summed E-state index contributed by atoms with van der Waals surface area (Å²) in [4.78, 5) is 44.3. The van der Waals surface area contributed by atoms with E-state index in [1.807, 2.05) is 18.2 Å². The maximum Gasteiger partial charge on any atom is 0.343 e. The molecule has 0 saturated heterocycles. The molecule has 2 aliphatic heterocycles. The Morgan fingerprint density at radius 3 is 2.24 bits per heavy atom. The van der Waals surface area contributed by atoms with E-state index < -0.39 is 11.6 Å². The number of carbonyl (C=O) groups is 2. The molecular weight excluding hydrogens is 580 g/mol. The Balaban J connectivity index is 1.31. The van der Waals surface area contributed by atoms with Crippen molar-refractivity contribution in [3.63, 3.8) is 0 Å². The van der Waals surface area contributed by atoms with E-state index in [-0.39, 0.29) is 30.5 Å². The molecule has 0 radical (unpaired) electrons. The van der Waals surface area contributed by atoms with Gasteiger partial charge in [-0.1, -0.05) is 97.8 Å². The molecule has 248 valence electrons. The Morgan fingerprint density at radius 1 is 0.935 bits per heavy atom. The molecule has 0 fully saturated rings. The number of unbranched alkanes of at least 4 members (excludes halogenated alkanes) is 10. The molecule has 46 heavy (non-hydrogen) atoms. The van der Waals surface area contributed by atoms with Crippen LogP contribution in [0.4, 0.5) is 0 Å². The highest BCUT2D eigenvalue weighted by Crippen LogP contribution is 2.39. The standard InChI is InChI=1S/C38H50N2O6/c1-4-7-9-11-12-14-16-18-26(17-15-13-10-8-5-2)36(42)46-29-19-20-32-27(22-29)21-28-24-40-33(34(28)39-32)23-31-30(35(40)41)25-45-37(43)38(31,44)6-3/h19-23,26,44H,4-18,24-25H2,1-3H3/t26?,38-/m0/s1. The van der Waals surface area contributed by atoms with Crippen LogP contribution in [-0.2, 0) is 33.1 Å². The number of carbonyl (C=O) groups excluding carboxylic acids is 2. The van der Waals surface area contributed by atoms with Gasteiger partial charge in [-0.05, 0) is 49.6 Å². The average Bonchev–Trinajstić information content (AvgIpc) is 3.41. The fourth-order valence-corrected chi connectivity index (χ4v) is 6.95. The van der Waals surface area contributed by atoms with Crippen LogP contribution in [0, 0.1) is 5.92 Å². The average molecular weight is 631 g/mol. The number of cyclic esters (lactones) is 1. The Bertz CT molecular complexity index is 1610. The van der Waals surface area contributed by atoms with Crippen molar-refractivity contribution in [2.75, 3.05) is 0 Å². The molecule has 1 N–H and O–H groups in total. The molecule has 5 rings (SSSR count). The first-order chi connectivity index (χ1) is 22.3. The fraction of sp³-hybridized carbons (Fsp3) is 0.579. The molecule has 0 spiro atoms. The highest BCUT2D eigenvalue weighted by atomic mass is 16.6. The first-order valence-corrected chi connectivity index (χ1v) is 17.6. The molecule has 2 atom stereocenters. The largest absolute Gasteiger partial charge is 0.458 e. The zero-order valence-corrected chi connectivity index (χ0v) is 27.9. The molecule has 1 unspecified atom stereocenters. The van der Waals surface area contributed by atoms with Gasteiger partial charge >= 0.3 is 11.9 Å². The van der Waals surface area contributed by atoms with E-state index in [2.05, 4.69) is 13.8 Å². The van der Waals surface area contributed by atoms with Crippen molar-refractivity contribution < 1.29 is 24.2 Å². The molecular formula is C38H50N2O6. The van der Waals surface area contributed by atoms with Crippen molar-refractivity contribution in [3.8, 4) is 17.1 Å². The fourth-order valence-electron chi connectivity index (χ4n) is 6.95. The van der Waals surface area contributed by atoms with Gasteiger partial charge in [-0.2, -0.15) is 0 Å². The zero-order valence-electron chi connectivity index (χ0n) is 27.9. The van der Waals surface area contributed by atoms with Gasteiger partial charge < -0.3 is 19.1 Å². The van der Waals surface area contributed by atoms with Gasteiger partial charge in [0.05, 0.1) is 34.9 Å². The third kappa shape index (κ3) is 7.22. The van der Waals surface area contributed by atoms with E-state index in [1.54, 1.807) is 23.6 Å². The Kier molecular flexibility index (Phi) is 11.3. The molecule has 3 aromatic rings. The van der Waals surface area contributed by atoms with Gasteiger partial charge in [-0.3, -0.25) is 9.59 Å². The lowest BCUT2D eigenvalue weighted by Gasteiger charge is -2.31. The van der Waals surface area contributed by atoms with Crippen LogP contribution in [0.15, 0.2) is 35.1 Å². The van der Waals surface area contributed by atoms with Crippen molar-refractivity contribution in [1.82, 2.24) is 9.55 Å². The molecule has 1 aromatic carbocycles. The molecule has 4 heterocycles. The van der Waals surface area contributed by atoms with E-state index in [9.17, 15) is 19.5 Å². The number of pyridine rings is 2. The summed E-state index contributed by atoms with van der Waals surface area (Å²) < 4.78 is 12.8. The number of hydrogen-bond donors (Lipinski definition) is 1. The van der Waals surface area contributed by atoms with E-state index in [1.165, 1.54) is 51.4 Å². The van der Waals surface area contributed by atoms with Crippen LogP contribution in [-0.4, -0.2) is 26.6 Å². The Hall–Kier alpha value is -3.52. The van der Waals surface area contributed by atoms with Gasteiger partial charge in [0.15, 0.2) is 5.60 Å². The Labute approximate surface area is 272 Å². The number of benzene rings is 1.